The van der Waals surface area contributed by atoms with E-state index in [9.17, 15) is 26.4 Å². The summed E-state index contributed by atoms with van der Waals surface area (Å²) in [5, 5.41) is 2.82. The van der Waals surface area contributed by atoms with Gasteiger partial charge in [-0.1, -0.05) is 26.8 Å². The van der Waals surface area contributed by atoms with Crippen LogP contribution in [0.3, 0.4) is 0 Å². The Morgan fingerprint density at radius 1 is 1.18 bits per heavy atom. The molecule has 1 aromatic heterocycles. The molecule has 1 saturated heterocycles. The van der Waals surface area contributed by atoms with Gasteiger partial charge in [0.05, 0.1) is 36.1 Å². The molecule has 0 spiro atoms. The highest BCUT2D eigenvalue weighted by Gasteiger charge is 2.45. The third kappa shape index (κ3) is 6.36. The maximum Gasteiger partial charge on any atom is 0.440 e. The first-order valence-corrected chi connectivity index (χ1v) is 14.2. The fraction of sp³-hybridized carbons (Fsp3) is 0.538. The van der Waals surface area contributed by atoms with Crippen LogP contribution < -0.4 is 5.32 Å². The van der Waals surface area contributed by atoms with Crippen molar-refractivity contribution in [1.82, 2.24) is 15.2 Å². The molecule has 0 saturated carbocycles. The zero-order valence-electron chi connectivity index (χ0n) is 21.5. The topological polar surface area (TPSA) is 97.8 Å². The van der Waals surface area contributed by atoms with Crippen LogP contribution in [0.15, 0.2) is 41.4 Å². The van der Waals surface area contributed by atoms with Gasteiger partial charge in [0.2, 0.25) is 0 Å². The lowest BCUT2D eigenvalue weighted by molar-refractivity contribution is -0.334. The van der Waals surface area contributed by atoms with Gasteiger partial charge in [0.1, 0.15) is 0 Å². The van der Waals surface area contributed by atoms with Crippen LogP contribution in [0.2, 0.25) is 0 Å². The standard InChI is InChI=1S/C26H32F3N3O5S/c1-4-38(34,35)21-7-6-20(30-11-21)10-31-24(33)18-5-8-22-19(9-18)13-32(23(22)16(2)3)12-17-14-36-25(37-15-17)26(27,28)29/h5-9,11,16-17,23,25H,4,10,12-15H2,1-3H3,(H,31,33). The molecule has 1 amide bonds. The Kier molecular flexibility index (Phi) is 8.46. The van der Waals surface area contributed by atoms with Gasteiger partial charge in [-0.3, -0.25) is 14.7 Å². The summed E-state index contributed by atoms with van der Waals surface area (Å²) < 4.78 is 72.2. The predicted molar refractivity (Wildman–Crippen MR) is 133 cm³/mol. The zero-order valence-corrected chi connectivity index (χ0v) is 22.3. The number of benzene rings is 1. The van der Waals surface area contributed by atoms with E-state index in [1.807, 2.05) is 12.1 Å². The van der Waals surface area contributed by atoms with Gasteiger partial charge in [-0.05, 0) is 41.3 Å². The molecule has 0 radical (unpaired) electrons. The summed E-state index contributed by atoms with van der Waals surface area (Å²) in [5.74, 6) is -0.251. The molecule has 208 valence electrons. The van der Waals surface area contributed by atoms with E-state index >= 15 is 0 Å². The number of amides is 1. The van der Waals surface area contributed by atoms with Crippen LogP contribution in [0.25, 0.3) is 0 Å². The van der Waals surface area contributed by atoms with Crippen molar-refractivity contribution < 1.29 is 35.9 Å². The van der Waals surface area contributed by atoms with Crippen molar-refractivity contribution in [3.05, 3.63) is 58.9 Å². The Morgan fingerprint density at radius 3 is 2.47 bits per heavy atom. The SMILES string of the molecule is CCS(=O)(=O)c1ccc(CNC(=O)c2ccc3c(c2)CN(CC2COC(C(F)(F)F)OC2)C3C(C)C)nc1. The summed E-state index contributed by atoms with van der Waals surface area (Å²) in [6.07, 6.45) is -5.42. The van der Waals surface area contributed by atoms with Gasteiger partial charge in [0.15, 0.2) is 9.84 Å². The Hall–Kier alpha value is -2.54. The van der Waals surface area contributed by atoms with Crippen molar-refractivity contribution in [1.29, 1.82) is 0 Å². The minimum absolute atomic E-state index is 0.0150. The summed E-state index contributed by atoms with van der Waals surface area (Å²) in [6.45, 7) is 6.89. The molecule has 4 rings (SSSR count). The third-order valence-corrected chi connectivity index (χ3v) is 8.54. The van der Waals surface area contributed by atoms with E-state index in [0.717, 1.165) is 11.1 Å². The number of fused-ring (bicyclic) bond motifs is 1. The summed E-state index contributed by atoms with van der Waals surface area (Å²) in [6, 6.07) is 8.66. The molecule has 0 aliphatic carbocycles. The molecule has 3 heterocycles. The van der Waals surface area contributed by atoms with Crippen molar-refractivity contribution in [3.63, 3.8) is 0 Å². The average molecular weight is 556 g/mol. The largest absolute Gasteiger partial charge is 0.440 e. The van der Waals surface area contributed by atoms with Crippen molar-refractivity contribution >= 4 is 15.7 Å². The molecular formula is C26H32F3N3O5S. The molecule has 0 bridgehead atoms. The summed E-state index contributed by atoms with van der Waals surface area (Å²) in [7, 11) is -3.34. The van der Waals surface area contributed by atoms with Crippen LogP contribution in [0.1, 0.15) is 54.0 Å². The van der Waals surface area contributed by atoms with E-state index < -0.39 is 22.3 Å². The van der Waals surface area contributed by atoms with E-state index in [-0.39, 0.29) is 54.2 Å². The Morgan fingerprint density at radius 2 is 1.89 bits per heavy atom. The van der Waals surface area contributed by atoms with Crippen molar-refractivity contribution in [2.45, 2.75) is 57.3 Å². The van der Waals surface area contributed by atoms with Crippen molar-refractivity contribution in [2.75, 3.05) is 25.5 Å². The van der Waals surface area contributed by atoms with Crippen LogP contribution in [0, 0.1) is 11.8 Å². The lowest BCUT2D eigenvalue weighted by atomic mass is 9.94. The number of pyridine rings is 1. The molecule has 1 N–H and O–H groups in total. The Labute approximate surface area is 220 Å². The second-order valence-corrected chi connectivity index (χ2v) is 12.3. The molecule has 1 aromatic carbocycles. The number of alkyl halides is 3. The second kappa shape index (κ2) is 11.3. The minimum atomic E-state index is -4.54. The number of hydrogen-bond acceptors (Lipinski definition) is 7. The van der Waals surface area contributed by atoms with Gasteiger partial charge in [-0.15, -0.1) is 0 Å². The smallest absolute Gasteiger partial charge is 0.346 e. The highest BCUT2D eigenvalue weighted by Crippen LogP contribution is 2.40. The van der Waals surface area contributed by atoms with Crippen LogP contribution in [0.5, 0.6) is 0 Å². The van der Waals surface area contributed by atoms with Gasteiger partial charge >= 0.3 is 6.18 Å². The molecule has 38 heavy (non-hydrogen) atoms. The lowest BCUT2D eigenvalue weighted by Crippen LogP contribution is -2.45. The first kappa shape index (κ1) is 28.5. The van der Waals surface area contributed by atoms with Crippen LogP contribution in [-0.4, -0.2) is 62.2 Å². The van der Waals surface area contributed by atoms with E-state index in [4.69, 9.17) is 9.47 Å². The fourth-order valence-electron chi connectivity index (χ4n) is 4.95. The quantitative estimate of drug-likeness (QED) is 0.528. The van der Waals surface area contributed by atoms with E-state index in [1.54, 1.807) is 19.1 Å². The number of carbonyl (C=O) groups excluding carboxylic acids is 1. The fourth-order valence-corrected chi connectivity index (χ4v) is 5.78. The first-order chi connectivity index (χ1) is 17.9. The Balaban J connectivity index is 1.38. The first-order valence-electron chi connectivity index (χ1n) is 12.5. The van der Waals surface area contributed by atoms with Gasteiger partial charge in [-0.2, -0.15) is 13.2 Å². The number of carbonyl (C=O) groups is 1. The molecule has 2 aliphatic heterocycles. The van der Waals surface area contributed by atoms with Crippen molar-refractivity contribution in [3.8, 4) is 0 Å². The number of nitrogens with one attached hydrogen (secondary N) is 1. The van der Waals surface area contributed by atoms with Gasteiger partial charge in [0, 0.05) is 36.8 Å². The molecule has 1 unspecified atom stereocenters. The van der Waals surface area contributed by atoms with Crippen molar-refractivity contribution in [2.24, 2.45) is 11.8 Å². The lowest BCUT2D eigenvalue weighted by Gasteiger charge is -2.35. The molecule has 8 nitrogen and oxygen atoms in total. The minimum Gasteiger partial charge on any atom is -0.346 e. The number of nitrogens with zero attached hydrogens (tertiary/aromatic N) is 2. The van der Waals surface area contributed by atoms with Crippen LogP contribution in [-0.2, 0) is 32.4 Å². The molecule has 1 fully saturated rings. The van der Waals surface area contributed by atoms with Gasteiger partial charge in [0.25, 0.3) is 12.2 Å². The number of hydrogen-bond donors (Lipinski definition) is 1. The number of rotatable bonds is 8. The van der Waals surface area contributed by atoms with Gasteiger partial charge in [-0.25, -0.2) is 8.42 Å². The summed E-state index contributed by atoms with van der Waals surface area (Å²) in [4.78, 5) is 19.3. The second-order valence-electron chi connectivity index (χ2n) is 10.0. The highest BCUT2D eigenvalue weighted by molar-refractivity contribution is 7.91. The maximum atomic E-state index is 12.8. The molecule has 2 aliphatic rings. The number of aromatic nitrogens is 1. The van der Waals surface area contributed by atoms with E-state index in [2.05, 4.69) is 29.0 Å². The molecule has 1 atom stereocenters. The van der Waals surface area contributed by atoms with E-state index in [0.29, 0.717) is 24.3 Å². The van der Waals surface area contributed by atoms with Gasteiger partial charge < -0.3 is 14.8 Å². The Bertz CT molecular complexity index is 1240. The average Bonchev–Trinajstić information content (AvgIpc) is 3.24. The summed E-state index contributed by atoms with van der Waals surface area (Å²) in [5.41, 5.74) is 3.10. The van der Waals surface area contributed by atoms with Crippen LogP contribution in [0.4, 0.5) is 13.2 Å². The monoisotopic (exact) mass is 555 g/mol. The third-order valence-electron chi connectivity index (χ3n) is 6.82. The number of ether oxygens (including phenoxy) is 2. The van der Waals surface area contributed by atoms with Crippen LogP contribution >= 0.6 is 0 Å². The number of halogens is 3. The normalized spacial score (nSPS) is 22.4. The zero-order chi connectivity index (χ0) is 27.7. The maximum absolute atomic E-state index is 12.8. The number of sulfone groups is 1. The highest BCUT2D eigenvalue weighted by atomic mass is 32.2. The summed E-state index contributed by atoms with van der Waals surface area (Å²) >= 11 is 0. The van der Waals surface area contributed by atoms with E-state index in [1.165, 1.54) is 12.3 Å². The molecular weight excluding hydrogens is 523 g/mol. The molecule has 12 heteroatoms. The predicted octanol–water partition coefficient (Wildman–Crippen LogP) is 3.87. The molecule has 2 aromatic rings.